The first-order chi connectivity index (χ1) is 11.0. The minimum absolute atomic E-state index is 0.291. The van der Waals surface area contributed by atoms with Crippen LogP contribution in [0.4, 0.5) is 0 Å². The normalized spacial score (nSPS) is 17.8. The average molecular weight is 334 g/mol. The first-order valence-electron chi connectivity index (χ1n) is 8.56. The lowest BCUT2D eigenvalue weighted by molar-refractivity contribution is 0.317. The second-order valence-corrected chi connectivity index (χ2v) is 8.75. The number of aromatic amines is 1. The number of sulfonamides is 1. The van der Waals surface area contributed by atoms with Gasteiger partial charge in [0.25, 0.3) is 0 Å². The number of piperidine rings is 1. The number of hydrogen-bond acceptors (Lipinski definition) is 2. The lowest BCUT2D eigenvalue weighted by Crippen LogP contribution is -2.39. The molecule has 0 saturated carbocycles. The van der Waals surface area contributed by atoms with E-state index in [-0.39, 0.29) is 0 Å². The molecule has 0 spiro atoms. The smallest absolute Gasteiger partial charge is 0.214 e. The molecule has 0 aliphatic carbocycles. The zero-order valence-electron chi connectivity index (χ0n) is 14.0. The maximum absolute atomic E-state index is 12.3. The SMILES string of the molecule is CCCCS(=O)(=O)N1CCC(c2cc3cc(C)ccc3[nH]2)CC1. The molecule has 1 aromatic carbocycles. The highest BCUT2D eigenvalue weighted by Crippen LogP contribution is 2.31. The van der Waals surface area contributed by atoms with Crippen molar-refractivity contribution in [3.05, 3.63) is 35.5 Å². The molecule has 4 nitrogen and oxygen atoms in total. The molecule has 23 heavy (non-hydrogen) atoms. The molecular formula is C18H26N2O2S. The minimum atomic E-state index is -3.06. The van der Waals surface area contributed by atoms with E-state index < -0.39 is 10.0 Å². The number of H-pyrrole nitrogens is 1. The molecule has 1 aliphatic heterocycles. The summed E-state index contributed by atoms with van der Waals surface area (Å²) in [5.74, 6) is 0.722. The third-order valence-electron chi connectivity index (χ3n) is 4.84. The van der Waals surface area contributed by atoms with Crippen LogP contribution >= 0.6 is 0 Å². The van der Waals surface area contributed by atoms with Crippen LogP contribution in [0.15, 0.2) is 24.3 Å². The summed E-state index contributed by atoms with van der Waals surface area (Å²) in [5.41, 5.74) is 3.68. The van der Waals surface area contributed by atoms with Gasteiger partial charge in [-0.15, -0.1) is 0 Å². The lowest BCUT2D eigenvalue weighted by Gasteiger charge is -2.30. The molecule has 5 heteroatoms. The monoisotopic (exact) mass is 334 g/mol. The highest BCUT2D eigenvalue weighted by molar-refractivity contribution is 7.89. The Labute approximate surface area is 138 Å². The molecular weight excluding hydrogens is 308 g/mol. The Bertz CT molecular complexity index is 771. The Balaban J connectivity index is 1.68. The maximum Gasteiger partial charge on any atom is 0.214 e. The van der Waals surface area contributed by atoms with Crippen LogP contribution in [-0.4, -0.2) is 36.5 Å². The molecule has 0 radical (unpaired) electrons. The second-order valence-electron chi connectivity index (χ2n) is 6.66. The molecule has 1 aliphatic rings. The summed E-state index contributed by atoms with van der Waals surface area (Å²) in [6.45, 7) is 5.42. The Morgan fingerprint density at radius 2 is 1.96 bits per heavy atom. The zero-order chi connectivity index (χ0) is 16.4. The quantitative estimate of drug-likeness (QED) is 0.904. The van der Waals surface area contributed by atoms with Crippen LogP contribution in [0, 0.1) is 6.92 Å². The fourth-order valence-corrected chi connectivity index (χ4v) is 5.07. The van der Waals surface area contributed by atoms with Crippen LogP contribution in [0.1, 0.15) is 49.8 Å². The van der Waals surface area contributed by atoms with Gasteiger partial charge in [0, 0.05) is 30.2 Å². The standard InChI is InChI=1S/C18H26N2O2S/c1-3-4-11-23(21,22)20-9-7-15(8-10-20)18-13-16-12-14(2)5-6-17(16)19-18/h5-6,12-13,15,19H,3-4,7-11H2,1-2H3. The fraction of sp³-hybridized carbons (Fsp3) is 0.556. The van der Waals surface area contributed by atoms with Crippen molar-refractivity contribution in [2.45, 2.75) is 45.4 Å². The van der Waals surface area contributed by atoms with E-state index in [1.54, 1.807) is 4.31 Å². The summed E-state index contributed by atoms with van der Waals surface area (Å²) in [4.78, 5) is 3.51. The molecule has 0 atom stereocenters. The van der Waals surface area contributed by atoms with Gasteiger partial charge in [0.15, 0.2) is 0 Å². The van der Waals surface area contributed by atoms with Gasteiger partial charge in [-0.1, -0.05) is 25.0 Å². The number of aromatic nitrogens is 1. The van der Waals surface area contributed by atoms with E-state index in [0.29, 0.717) is 24.8 Å². The van der Waals surface area contributed by atoms with Crippen molar-refractivity contribution < 1.29 is 8.42 Å². The largest absolute Gasteiger partial charge is 0.358 e. The third-order valence-corrected chi connectivity index (χ3v) is 6.80. The van der Waals surface area contributed by atoms with Crippen molar-refractivity contribution in [3.8, 4) is 0 Å². The Kier molecular flexibility index (Phi) is 4.78. The number of hydrogen-bond donors (Lipinski definition) is 1. The van der Waals surface area contributed by atoms with E-state index in [2.05, 4.69) is 36.2 Å². The van der Waals surface area contributed by atoms with E-state index in [1.807, 2.05) is 6.92 Å². The molecule has 0 amide bonds. The fourth-order valence-electron chi connectivity index (χ4n) is 3.40. The van der Waals surface area contributed by atoms with Gasteiger partial charge in [0.1, 0.15) is 0 Å². The minimum Gasteiger partial charge on any atom is -0.358 e. The molecule has 1 N–H and O–H groups in total. The summed E-state index contributed by atoms with van der Waals surface area (Å²) in [6, 6.07) is 8.66. The molecule has 1 aromatic heterocycles. The predicted octanol–water partition coefficient (Wildman–Crippen LogP) is 3.79. The maximum atomic E-state index is 12.3. The highest BCUT2D eigenvalue weighted by atomic mass is 32.2. The van der Waals surface area contributed by atoms with Crippen molar-refractivity contribution in [3.63, 3.8) is 0 Å². The molecule has 126 valence electrons. The summed E-state index contributed by atoms with van der Waals surface area (Å²) in [6.07, 6.45) is 3.47. The molecule has 2 aromatic rings. The third kappa shape index (κ3) is 3.61. The number of aryl methyl sites for hydroxylation is 1. The first kappa shape index (κ1) is 16.5. The molecule has 1 saturated heterocycles. The number of unbranched alkanes of at least 4 members (excludes halogenated alkanes) is 1. The Morgan fingerprint density at radius 3 is 2.65 bits per heavy atom. The van der Waals surface area contributed by atoms with E-state index in [0.717, 1.165) is 25.7 Å². The van der Waals surface area contributed by atoms with E-state index in [9.17, 15) is 8.42 Å². The average Bonchev–Trinajstić information content (AvgIpc) is 2.96. The van der Waals surface area contributed by atoms with Crippen molar-refractivity contribution in [1.29, 1.82) is 0 Å². The van der Waals surface area contributed by atoms with Crippen molar-refractivity contribution in [2.75, 3.05) is 18.8 Å². The zero-order valence-corrected chi connectivity index (χ0v) is 14.8. The summed E-state index contributed by atoms with van der Waals surface area (Å²) >= 11 is 0. The van der Waals surface area contributed by atoms with Crippen molar-refractivity contribution in [2.24, 2.45) is 0 Å². The number of rotatable bonds is 5. The topological polar surface area (TPSA) is 53.2 Å². The molecule has 0 unspecified atom stereocenters. The van der Waals surface area contributed by atoms with Gasteiger partial charge < -0.3 is 4.98 Å². The second kappa shape index (κ2) is 6.65. The number of benzene rings is 1. The van der Waals surface area contributed by atoms with Crippen LogP contribution in [0.2, 0.25) is 0 Å². The van der Waals surface area contributed by atoms with Crippen LogP contribution < -0.4 is 0 Å². The van der Waals surface area contributed by atoms with Gasteiger partial charge in [-0.25, -0.2) is 12.7 Å². The summed E-state index contributed by atoms with van der Waals surface area (Å²) in [5, 5.41) is 1.25. The summed E-state index contributed by atoms with van der Waals surface area (Å²) < 4.78 is 26.3. The van der Waals surface area contributed by atoms with Crippen LogP contribution in [-0.2, 0) is 10.0 Å². The van der Waals surface area contributed by atoms with Crippen molar-refractivity contribution in [1.82, 2.24) is 9.29 Å². The summed E-state index contributed by atoms with van der Waals surface area (Å²) in [7, 11) is -3.06. The van der Waals surface area contributed by atoms with E-state index in [1.165, 1.54) is 22.2 Å². The number of nitrogens with one attached hydrogen (secondary N) is 1. The van der Waals surface area contributed by atoms with Gasteiger partial charge in [-0.05, 0) is 49.8 Å². The molecule has 0 bridgehead atoms. The lowest BCUT2D eigenvalue weighted by atomic mass is 9.95. The van der Waals surface area contributed by atoms with E-state index >= 15 is 0 Å². The van der Waals surface area contributed by atoms with Crippen LogP contribution in [0.5, 0.6) is 0 Å². The number of nitrogens with zero attached hydrogens (tertiary/aromatic N) is 1. The van der Waals surface area contributed by atoms with Gasteiger partial charge in [-0.2, -0.15) is 0 Å². The predicted molar refractivity (Wildman–Crippen MR) is 95.3 cm³/mol. The van der Waals surface area contributed by atoms with Crippen LogP contribution in [0.25, 0.3) is 10.9 Å². The Morgan fingerprint density at radius 1 is 1.22 bits per heavy atom. The molecule has 2 heterocycles. The Hall–Kier alpha value is -1.33. The van der Waals surface area contributed by atoms with Gasteiger partial charge in [0.05, 0.1) is 5.75 Å². The highest BCUT2D eigenvalue weighted by Gasteiger charge is 2.28. The van der Waals surface area contributed by atoms with Crippen molar-refractivity contribution >= 4 is 20.9 Å². The molecule has 3 rings (SSSR count). The number of fused-ring (bicyclic) bond motifs is 1. The van der Waals surface area contributed by atoms with Gasteiger partial charge >= 0.3 is 0 Å². The van der Waals surface area contributed by atoms with Gasteiger partial charge in [0.2, 0.25) is 10.0 Å². The van der Waals surface area contributed by atoms with Crippen LogP contribution in [0.3, 0.4) is 0 Å². The first-order valence-corrected chi connectivity index (χ1v) is 10.2. The van der Waals surface area contributed by atoms with E-state index in [4.69, 9.17) is 0 Å². The van der Waals surface area contributed by atoms with Gasteiger partial charge in [-0.3, -0.25) is 0 Å². The molecule has 1 fully saturated rings.